The molecular formula is C14H16FNO4. The number of carbonyl (C=O) groups is 2. The molecule has 0 spiro atoms. The number of rotatable bonds is 2. The number of carbonyl (C=O) groups excluding carboxylic acids is 2. The van der Waals surface area contributed by atoms with Gasteiger partial charge in [0.1, 0.15) is 5.82 Å². The number of halogens is 1. The lowest BCUT2D eigenvalue weighted by Crippen LogP contribution is -2.48. The molecule has 1 aromatic rings. The summed E-state index contributed by atoms with van der Waals surface area (Å²) in [4.78, 5) is 25.2. The molecule has 1 aliphatic heterocycles. The average molecular weight is 281 g/mol. The molecule has 0 N–H and O–H groups in total. The van der Waals surface area contributed by atoms with Gasteiger partial charge in [0.25, 0.3) is 5.91 Å². The van der Waals surface area contributed by atoms with Gasteiger partial charge in [-0.1, -0.05) is 0 Å². The second kappa shape index (κ2) is 6.00. The first-order valence-corrected chi connectivity index (χ1v) is 6.27. The summed E-state index contributed by atoms with van der Waals surface area (Å²) in [6.45, 7) is 2.44. The Morgan fingerprint density at radius 2 is 2.15 bits per heavy atom. The maximum Gasteiger partial charge on any atom is 0.336 e. The number of morpholine rings is 1. The lowest BCUT2D eigenvalue weighted by atomic mass is 10.1. The van der Waals surface area contributed by atoms with Crippen LogP contribution in [0.25, 0.3) is 0 Å². The van der Waals surface area contributed by atoms with Crippen molar-refractivity contribution in [1.29, 1.82) is 0 Å². The maximum atomic E-state index is 13.3. The number of methoxy groups -OCH3 is 1. The summed E-state index contributed by atoms with van der Waals surface area (Å²) in [5.74, 6) is -1.28. The molecule has 1 unspecified atom stereocenters. The normalized spacial score (nSPS) is 18.8. The Balaban J connectivity index is 2.14. The fourth-order valence-electron chi connectivity index (χ4n) is 2.15. The van der Waals surface area contributed by atoms with Crippen LogP contribution in [0.1, 0.15) is 15.9 Å². The zero-order valence-electron chi connectivity index (χ0n) is 11.4. The molecule has 5 nitrogen and oxygen atoms in total. The van der Waals surface area contributed by atoms with Crippen molar-refractivity contribution in [2.24, 2.45) is 0 Å². The van der Waals surface area contributed by atoms with Crippen LogP contribution < -0.4 is 0 Å². The highest BCUT2D eigenvalue weighted by atomic mass is 19.1. The van der Waals surface area contributed by atoms with E-state index in [4.69, 9.17) is 4.74 Å². The molecule has 1 fully saturated rings. The van der Waals surface area contributed by atoms with Crippen LogP contribution in [0.5, 0.6) is 0 Å². The third-order valence-electron chi connectivity index (χ3n) is 3.11. The summed E-state index contributed by atoms with van der Waals surface area (Å²) in [6.07, 6.45) is -0.785. The molecule has 0 aliphatic carbocycles. The quantitative estimate of drug-likeness (QED) is 0.763. The highest BCUT2D eigenvalue weighted by Crippen LogP contribution is 2.14. The molecule has 2 rings (SSSR count). The van der Waals surface area contributed by atoms with Gasteiger partial charge in [0.15, 0.2) is 6.10 Å². The van der Waals surface area contributed by atoms with E-state index in [9.17, 15) is 14.0 Å². The standard InChI is InChI=1S/C14H16FNO4/c1-9-5-10(7-11(15)6-9)13(17)16-3-4-20-12(8-16)14(18)19-2/h5-7,12H,3-4,8H2,1-2H3. The van der Waals surface area contributed by atoms with Gasteiger partial charge in [0.05, 0.1) is 20.3 Å². The van der Waals surface area contributed by atoms with Gasteiger partial charge >= 0.3 is 5.97 Å². The molecule has 1 heterocycles. The summed E-state index contributed by atoms with van der Waals surface area (Å²) in [6, 6.07) is 4.17. The van der Waals surface area contributed by atoms with Gasteiger partial charge in [-0.25, -0.2) is 9.18 Å². The number of amides is 1. The van der Waals surface area contributed by atoms with E-state index in [1.54, 1.807) is 13.0 Å². The van der Waals surface area contributed by atoms with Crippen molar-refractivity contribution in [2.45, 2.75) is 13.0 Å². The highest BCUT2D eigenvalue weighted by molar-refractivity contribution is 5.95. The van der Waals surface area contributed by atoms with E-state index in [-0.39, 0.29) is 24.6 Å². The first-order valence-electron chi connectivity index (χ1n) is 6.27. The lowest BCUT2D eigenvalue weighted by molar-refractivity contribution is -0.158. The average Bonchev–Trinajstić information content (AvgIpc) is 2.44. The highest BCUT2D eigenvalue weighted by Gasteiger charge is 2.30. The molecular weight excluding hydrogens is 265 g/mol. The Bertz CT molecular complexity index is 512. The van der Waals surface area contributed by atoms with Gasteiger partial charge in [0.2, 0.25) is 0 Å². The first-order chi connectivity index (χ1) is 9.51. The number of hydrogen-bond acceptors (Lipinski definition) is 4. The fourth-order valence-corrected chi connectivity index (χ4v) is 2.15. The van der Waals surface area contributed by atoms with E-state index in [1.165, 1.54) is 24.1 Å². The molecule has 1 aliphatic rings. The van der Waals surface area contributed by atoms with Crippen LogP contribution >= 0.6 is 0 Å². The van der Waals surface area contributed by atoms with E-state index in [0.29, 0.717) is 12.1 Å². The number of ether oxygens (including phenoxy) is 2. The third kappa shape index (κ3) is 3.14. The molecule has 0 radical (unpaired) electrons. The molecule has 1 aromatic carbocycles. The smallest absolute Gasteiger partial charge is 0.336 e. The number of hydrogen-bond donors (Lipinski definition) is 0. The van der Waals surface area contributed by atoms with Gasteiger partial charge < -0.3 is 14.4 Å². The Kier molecular flexibility index (Phi) is 4.34. The van der Waals surface area contributed by atoms with Gasteiger partial charge in [-0.3, -0.25) is 4.79 Å². The lowest BCUT2D eigenvalue weighted by Gasteiger charge is -2.31. The van der Waals surface area contributed by atoms with Crippen LogP contribution in [-0.4, -0.2) is 49.7 Å². The molecule has 1 atom stereocenters. The van der Waals surface area contributed by atoms with Crippen molar-refractivity contribution < 1.29 is 23.5 Å². The molecule has 0 saturated carbocycles. The predicted octanol–water partition coefficient (Wildman–Crippen LogP) is 1.15. The van der Waals surface area contributed by atoms with Gasteiger partial charge in [-0.15, -0.1) is 0 Å². The third-order valence-corrected chi connectivity index (χ3v) is 3.11. The molecule has 6 heteroatoms. The van der Waals surface area contributed by atoms with Crippen LogP contribution in [0.2, 0.25) is 0 Å². The Hall–Kier alpha value is -1.95. The number of benzene rings is 1. The van der Waals surface area contributed by atoms with Gasteiger partial charge in [-0.2, -0.15) is 0 Å². The minimum absolute atomic E-state index is 0.112. The topological polar surface area (TPSA) is 55.8 Å². The molecule has 108 valence electrons. The SMILES string of the molecule is COC(=O)C1CN(C(=O)c2cc(C)cc(F)c2)CCO1. The van der Waals surface area contributed by atoms with Crippen LogP contribution in [0.3, 0.4) is 0 Å². The van der Waals surface area contributed by atoms with E-state index >= 15 is 0 Å². The fraction of sp³-hybridized carbons (Fsp3) is 0.429. The Morgan fingerprint density at radius 1 is 1.40 bits per heavy atom. The van der Waals surface area contributed by atoms with E-state index in [1.807, 2.05) is 0 Å². The molecule has 0 aromatic heterocycles. The number of nitrogens with zero attached hydrogens (tertiary/aromatic N) is 1. The number of esters is 1. The van der Waals surface area contributed by atoms with E-state index in [0.717, 1.165) is 0 Å². The van der Waals surface area contributed by atoms with Crippen LogP contribution in [0, 0.1) is 12.7 Å². The number of aryl methyl sites for hydroxylation is 1. The second-order valence-corrected chi connectivity index (χ2v) is 4.65. The van der Waals surface area contributed by atoms with Crippen LogP contribution in [-0.2, 0) is 14.3 Å². The van der Waals surface area contributed by atoms with Crippen LogP contribution in [0.4, 0.5) is 4.39 Å². The Labute approximate surface area is 116 Å². The summed E-state index contributed by atoms with van der Waals surface area (Å²) in [5, 5.41) is 0. The van der Waals surface area contributed by atoms with Crippen LogP contribution in [0.15, 0.2) is 18.2 Å². The maximum absolute atomic E-state index is 13.3. The zero-order chi connectivity index (χ0) is 14.7. The molecule has 1 saturated heterocycles. The second-order valence-electron chi connectivity index (χ2n) is 4.65. The van der Waals surface area contributed by atoms with Crippen molar-refractivity contribution in [2.75, 3.05) is 26.8 Å². The van der Waals surface area contributed by atoms with Crippen molar-refractivity contribution >= 4 is 11.9 Å². The summed E-state index contributed by atoms with van der Waals surface area (Å²) in [5.41, 5.74) is 0.944. The zero-order valence-corrected chi connectivity index (χ0v) is 11.4. The molecule has 1 amide bonds. The summed E-state index contributed by atoms with van der Waals surface area (Å²) >= 11 is 0. The predicted molar refractivity (Wildman–Crippen MR) is 68.8 cm³/mol. The monoisotopic (exact) mass is 281 g/mol. The molecule has 0 bridgehead atoms. The minimum atomic E-state index is -0.785. The summed E-state index contributed by atoms with van der Waals surface area (Å²) in [7, 11) is 1.27. The minimum Gasteiger partial charge on any atom is -0.467 e. The van der Waals surface area contributed by atoms with E-state index in [2.05, 4.69) is 4.74 Å². The van der Waals surface area contributed by atoms with Crippen molar-refractivity contribution in [3.05, 3.63) is 35.1 Å². The largest absolute Gasteiger partial charge is 0.467 e. The van der Waals surface area contributed by atoms with Crippen molar-refractivity contribution in [3.8, 4) is 0 Å². The van der Waals surface area contributed by atoms with Gasteiger partial charge in [-0.05, 0) is 30.7 Å². The summed E-state index contributed by atoms with van der Waals surface area (Å²) < 4.78 is 23.2. The van der Waals surface area contributed by atoms with Crippen molar-refractivity contribution in [1.82, 2.24) is 4.90 Å². The molecule has 20 heavy (non-hydrogen) atoms. The first kappa shape index (κ1) is 14.5. The van der Waals surface area contributed by atoms with E-state index < -0.39 is 17.9 Å². The van der Waals surface area contributed by atoms with Crippen molar-refractivity contribution in [3.63, 3.8) is 0 Å². The van der Waals surface area contributed by atoms with Gasteiger partial charge in [0, 0.05) is 12.1 Å². The Morgan fingerprint density at radius 3 is 2.80 bits per heavy atom.